The molecule has 2 rings (SSSR count). The van der Waals surface area contributed by atoms with Crippen LogP contribution in [0.1, 0.15) is 10.4 Å². The Kier molecular flexibility index (Phi) is 1.80. The maximum Gasteiger partial charge on any atom is 0.326 e. The molecule has 0 bridgehead atoms. The van der Waals surface area contributed by atoms with E-state index in [1.165, 1.54) is 0 Å². The minimum Gasteiger partial charge on any atom is -0.439 e. The Hall–Kier alpha value is -1.04. The zero-order valence-corrected chi connectivity index (χ0v) is 7.38. The average molecular weight is 197 g/mol. The maximum absolute atomic E-state index is 11.3. The van der Waals surface area contributed by atoms with E-state index in [0.717, 1.165) is 0 Å². The van der Waals surface area contributed by atoms with Crippen molar-refractivity contribution >= 4 is 16.9 Å². The van der Waals surface area contributed by atoms with Crippen LogP contribution in [0.25, 0.3) is 0 Å². The highest BCUT2D eigenvalue weighted by Gasteiger charge is 2.36. The van der Waals surface area contributed by atoms with Crippen molar-refractivity contribution in [2.24, 2.45) is 5.73 Å². The van der Waals surface area contributed by atoms with E-state index in [2.05, 4.69) is 0 Å². The fourth-order valence-corrected chi connectivity index (χ4v) is 1.77. The van der Waals surface area contributed by atoms with Crippen LogP contribution in [0.4, 0.5) is 0 Å². The number of fused-ring (bicyclic) bond motifs is 1. The summed E-state index contributed by atoms with van der Waals surface area (Å²) in [6.45, 7) is 0. The van der Waals surface area contributed by atoms with Gasteiger partial charge in [0.25, 0.3) is 0 Å². The minimum absolute atomic E-state index is 0.285. The third-order valence-corrected chi connectivity index (χ3v) is 2.38. The summed E-state index contributed by atoms with van der Waals surface area (Å²) in [5, 5.41) is 7.06. The summed E-state index contributed by atoms with van der Waals surface area (Å²) in [6, 6.07) is 6.64. The lowest BCUT2D eigenvalue weighted by molar-refractivity contribution is -0.0484. The van der Waals surface area contributed by atoms with Crippen LogP contribution in [0.3, 0.4) is 0 Å². The Balaban J connectivity index is 2.49. The molecule has 68 valence electrons. The second-order valence-electron chi connectivity index (χ2n) is 2.62. The number of para-hydroxylation sites is 1. The van der Waals surface area contributed by atoms with Crippen LogP contribution in [0, 0.1) is 0 Å². The van der Waals surface area contributed by atoms with Gasteiger partial charge < -0.3 is 9.84 Å². The summed E-state index contributed by atoms with van der Waals surface area (Å²) in [4.78, 5) is 11.3. The van der Waals surface area contributed by atoms with Gasteiger partial charge >= 0.3 is 5.24 Å². The van der Waals surface area contributed by atoms with E-state index < -0.39 is 5.24 Å². The summed E-state index contributed by atoms with van der Waals surface area (Å²) in [5.41, 5.74) is 5.69. The minimum atomic E-state index is -1.94. The largest absolute Gasteiger partial charge is 0.439 e. The van der Waals surface area contributed by atoms with Crippen molar-refractivity contribution in [3.05, 3.63) is 29.8 Å². The van der Waals surface area contributed by atoms with Gasteiger partial charge in [0.1, 0.15) is 5.75 Å². The first-order valence-corrected chi connectivity index (χ1v) is 4.43. The van der Waals surface area contributed by atoms with Gasteiger partial charge in [0.2, 0.25) is 5.12 Å². The number of benzene rings is 1. The predicted molar refractivity (Wildman–Crippen MR) is 48.1 cm³/mol. The molecule has 1 heterocycles. The Labute approximate surface area is 78.7 Å². The highest BCUT2D eigenvalue weighted by atomic mass is 32.2. The predicted octanol–water partition coefficient (Wildman–Crippen LogP) is 0.515. The van der Waals surface area contributed by atoms with E-state index >= 15 is 0 Å². The highest BCUT2D eigenvalue weighted by Crippen LogP contribution is 2.35. The molecule has 0 saturated carbocycles. The molecule has 0 aromatic heterocycles. The molecule has 3 N–H and O–H groups in total. The van der Waals surface area contributed by atoms with Gasteiger partial charge in [-0.05, 0) is 12.1 Å². The van der Waals surface area contributed by atoms with Gasteiger partial charge in [-0.1, -0.05) is 12.1 Å². The van der Waals surface area contributed by atoms with Crippen molar-refractivity contribution in [3.8, 4) is 5.75 Å². The smallest absolute Gasteiger partial charge is 0.326 e. The molecule has 0 unspecified atom stereocenters. The van der Waals surface area contributed by atoms with Crippen molar-refractivity contribution in [1.82, 2.24) is 0 Å². The lowest BCUT2D eigenvalue weighted by Gasteiger charge is -2.27. The second kappa shape index (κ2) is 2.73. The molecule has 1 aromatic carbocycles. The molecule has 0 saturated heterocycles. The molecule has 1 aliphatic rings. The zero-order chi connectivity index (χ0) is 9.47. The average Bonchev–Trinajstić information content (AvgIpc) is 2.02. The molecule has 0 radical (unpaired) electrons. The summed E-state index contributed by atoms with van der Waals surface area (Å²) in [7, 11) is 0. The molecule has 0 aliphatic carbocycles. The molecule has 0 fully saturated rings. The number of nitrogens with two attached hydrogens (primary N) is 1. The van der Waals surface area contributed by atoms with Gasteiger partial charge in [-0.25, -0.2) is 0 Å². The molecular weight excluding hydrogens is 190 g/mol. The van der Waals surface area contributed by atoms with Crippen LogP contribution < -0.4 is 10.5 Å². The van der Waals surface area contributed by atoms with E-state index in [-0.39, 0.29) is 5.12 Å². The Morgan fingerprint density at radius 1 is 1.46 bits per heavy atom. The number of aliphatic hydroxyl groups is 1. The van der Waals surface area contributed by atoms with Gasteiger partial charge in [0, 0.05) is 11.8 Å². The first-order chi connectivity index (χ1) is 6.08. The second-order valence-corrected chi connectivity index (χ2v) is 3.78. The van der Waals surface area contributed by atoms with E-state index in [1.807, 2.05) is 0 Å². The third kappa shape index (κ3) is 1.53. The first-order valence-electron chi connectivity index (χ1n) is 3.61. The summed E-state index contributed by atoms with van der Waals surface area (Å²) in [5.74, 6) is 0.316. The summed E-state index contributed by atoms with van der Waals surface area (Å²) in [6.07, 6.45) is 0. The van der Waals surface area contributed by atoms with Gasteiger partial charge in [-0.15, -0.1) is 0 Å². The molecule has 4 nitrogen and oxygen atoms in total. The van der Waals surface area contributed by atoms with Crippen molar-refractivity contribution in [1.29, 1.82) is 0 Å². The van der Waals surface area contributed by atoms with Crippen LogP contribution in [-0.4, -0.2) is 15.5 Å². The Morgan fingerprint density at radius 3 is 2.92 bits per heavy atom. The quantitative estimate of drug-likeness (QED) is 0.593. The van der Waals surface area contributed by atoms with E-state index in [4.69, 9.17) is 10.5 Å². The number of hydrogen-bond donors (Lipinski definition) is 2. The highest BCUT2D eigenvalue weighted by molar-refractivity contribution is 8.15. The summed E-state index contributed by atoms with van der Waals surface area (Å²) < 4.78 is 4.97. The normalized spacial score (nSPS) is 26.5. The topological polar surface area (TPSA) is 72.6 Å². The molecule has 0 amide bonds. The maximum atomic E-state index is 11.3. The number of hydrogen-bond acceptors (Lipinski definition) is 5. The number of rotatable bonds is 0. The fraction of sp³-hybridized carbons (Fsp3) is 0.125. The van der Waals surface area contributed by atoms with Crippen LogP contribution >= 0.6 is 11.8 Å². The van der Waals surface area contributed by atoms with Gasteiger partial charge in [-0.3, -0.25) is 10.5 Å². The number of carbonyl (C=O) groups excluding carboxylic acids is 1. The van der Waals surface area contributed by atoms with Crippen LogP contribution in [0.2, 0.25) is 0 Å². The molecule has 1 aromatic rings. The lowest BCUT2D eigenvalue weighted by atomic mass is 10.2. The van der Waals surface area contributed by atoms with Gasteiger partial charge in [0.15, 0.2) is 0 Å². The number of carbonyl (C=O) groups is 1. The molecule has 5 heteroatoms. The zero-order valence-electron chi connectivity index (χ0n) is 6.56. The van der Waals surface area contributed by atoms with E-state index in [0.29, 0.717) is 23.1 Å². The SMILES string of the molecule is N[C@@]1(O)Oc2ccccc2C(=O)S1. The van der Waals surface area contributed by atoms with Crippen molar-refractivity contribution in [2.75, 3.05) is 0 Å². The number of thioether (sulfide) groups is 1. The standard InChI is InChI=1S/C8H7NO3S/c9-8(11)12-6-4-2-1-3-5(6)7(10)13-8/h1-4,11H,9H2/t8-/m1/s1. The molecule has 0 spiro atoms. The van der Waals surface area contributed by atoms with Crippen molar-refractivity contribution in [2.45, 2.75) is 5.24 Å². The van der Waals surface area contributed by atoms with Crippen LogP contribution in [0.5, 0.6) is 5.75 Å². The molecule has 1 aliphatic heterocycles. The van der Waals surface area contributed by atoms with Gasteiger partial charge in [-0.2, -0.15) is 0 Å². The monoisotopic (exact) mass is 197 g/mol. The van der Waals surface area contributed by atoms with Crippen molar-refractivity contribution in [3.63, 3.8) is 0 Å². The fourth-order valence-electron chi connectivity index (χ4n) is 1.09. The van der Waals surface area contributed by atoms with Crippen LogP contribution in [-0.2, 0) is 0 Å². The van der Waals surface area contributed by atoms with E-state index in [9.17, 15) is 9.90 Å². The summed E-state index contributed by atoms with van der Waals surface area (Å²) >= 11 is 0.558. The molecular formula is C8H7NO3S. The lowest BCUT2D eigenvalue weighted by Crippen LogP contribution is -2.45. The van der Waals surface area contributed by atoms with Crippen LogP contribution in [0.15, 0.2) is 24.3 Å². The molecule has 13 heavy (non-hydrogen) atoms. The molecule has 1 atom stereocenters. The third-order valence-electron chi connectivity index (χ3n) is 1.60. The first kappa shape index (κ1) is 8.55. The van der Waals surface area contributed by atoms with Gasteiger partial charge in [0.05, 0.1) is 5.56 Å². The Bertz CT molecular complexity index is 364. The van der Waals surface area contributed by atoms with Crippen molar-refractivity contribution < 1.29 is 14.6 Å². The number of ether oxygens (including phenoxy) is 1. The Morgan fingerprint density at radius 2 is 2.15 bits per heavy atom. The van der Waals surface area contributed by atoms with E-state index in [1.54, 1.807) is 24.3 Å².